The van der Waals surface area contributed by atoms with Crippen molar-refractivity contribution in [3.05, 3.63) is 87.6 Å². The van der Waals surface area contributed by atoms with Crippen molar-refractivity contribution in [2.24, 2.45) is 0 Å². The maximum atomic E-state index is 13.1. The third-order valence-corrected chi connectivity index (χ3v) is 3.91. The van der Waals surface area contributed by atoms with Crippen molar-refractivity contribution >= 4 is 23.2 Å². The van der Waals surface area contributed by atoms with Gasteiger partial charge in [0.2, 0.25) is 0 Å². The molecule has 3 rings (SSSR count). The van der Waals surface area contributed by atoms with Crippen LogP contribution < -0.4 is 15.6 Å². The summed E-state index contributed by atoms with van der Waals surface area (Å²) in [5, 5.41) is 6.64. The van der Waals surface area contributed by atoms with Crippen molar-refractivity contribution in [1.82, 2.24) is 9.78 Å². The Kier molecular flexibility index (Phi) is 5.83. The normalized spacial score (nSPS) is 10.4. The Hall–Kier alpha value is -3.19. The molecule has 6 nitrogen and oxygen atoms in total. The van der Waals surface area contributed by atoms with Crippen molar-refractivity contribution < 1.29 is 13.9 Å². The van der Waals surface area contributed by atoms with E-state index in [1.54, 1.807) is 12.1 Å². The summed E-state index contributed by atoms with van der Waals surface area (Å²) in [4.78, 5) is 24.3. The number of carbonyl (C=O) groups is 1. The van der Waals surface area contributed by atoms with Crippen LogP contribution in [0.5, 0.6) is 5.75 Å². The summed E-state index contributed by atoms with van der Waals surface area (Å²) in [6.07, 6.45) is 0. The number of hydrogen-bond acceptors (Lipinski definition) is 4. The van der Waals surface area contributed by atoms with Gasteiger partial charge in [0.15, 0.2) is 0 Å². The summed E-state index contributed by atoms with van der Waals surface area (Å²) < 4.78 is 19.8. The van der Waals surface area contributed by atoms with Crippen LogP contribution in [0.15, 0.2) is 65.5 Å². The molecule has 0 spiro atoms. The number of halogens is 2. The standard InChI is InChI=1S/C19H15ClFN3O3/c20-15-12-13(21)6-7-16(15)22-19(26)17-8-9-18(25)24(23-17)10-11-27-14-4-2-1-3-5-14/h1-9,12H,10-11H2,(H,22,26). The minimum atomic E-state index is -0.568. The lowest BCUT2D eigenvalue weighted by atomic mass is 10.3. The third kappa shape index (κ3) is 4.92. The monoisotopic (exact) mass is 387 g/mol. The Morgan fingerprint density at radius 2 is 1.93 bits per heavy atom. The minimum absolute atomic E-state index is 0.0229. The zero-order valence-corrected chi connectivity index (χ0v) is 14.8. The first kappa shape index (κ1) is 18.6. The molecule has 0 bridgehead atoms. The largest absolute Gasteiger partial charge is 0.492 e. The Morgan fingerprint density at radius 3 is 2.67 bits per heavy atom. The second kappa shape index (κ2) is 8.46. The van der Waals surface area contributed by atoms with Gasteiger partial charge in [-0.1, -0.05) is 29.8 Å². The minimum Gasteiger partial charge on any atom is -0.492 e. The number of ether oxygens (including phenoxy) is 1. The van der Waals surface area contributed by atoms with Crippen LogP contribution in [0.25, 0.3) is 0 Å². The number of anilines is 1. The molecule has 1 amide bonds. The molecule has 0 atom stereocenters. The molecule has 0 radical (unpaired) electrons. The maximum absolute atomic E-state index is 13.1. The number of carbonyl (C=O) groups excluding carboxylic acids is 1. The van der Waals surface area contributed by atoms with Crippen molar-refractivity contribution in [2.75, 3.05) is 11.9 Å². The number of hydrogen-bond donors (Lipinski definition) is 1. The molecule has 0 aliphatic carbocycles. The van der Waals surface area contributed by atoms with Crippen molar-refractivity contribution in [1.29, 1.82) is 0 Å². The summed E-state index contributed by atoms with van der Waals surface area (Å²) in [5.41, 5.74) is -0.0900. The maximum Gasteiger partial charge on any atom is 0.276 e. The first-order chi connectivity index (χ1) is 13.0. The van der Waals surface area contributed by atoms with E-state index in [1.807, 2.05) is 18.2 Å². The second-order valence-corrected chi connectivity index (χ2v) is 5.93. The molecule has 0 saturated carbocycles. The van der Waals surface area contributed by atoms with Gasteiger partial charge in [0, 0.05) is 6.07 Å². The molecule has 0 aliphatic rings. The van der Waals surface area contributed by atoms with E-state index in [9.17, 15) is 14.0 Å². The molecule has 1 heterocycles. The Labute approximate surface area is 159 Å². The first-order valence-electron chi connectivity index (χ1n) is 8.05. The number of benzene rings is 2. The summed E-state index contributed by atoms with van der Waals surface area (Å²) in [7, 11) is 0. The van der Waals surface area contributed by atoms with Crippen LogP contribution in [0, 0.1) is 5.82 Å². The number of nitrogens with zero attached hydrogens (tertiary/aromatic N) is 2. The van der Waals surface area contributed by atoms with Gasteiger partial charge in [0.05, 0.1) is 17.3 Å². The molecule has 3 aromatic rings. The fourth-order valence-electron chi connectivity index (χ4n) is 2.27. The Bertz CT molecular complexity index is 1010. The number of amides is 1. The molecule has 1 N–H and O–H groups in total. The zero-order chi connectivity index (χ0) is 19.2. The van der Waals surface area contributed by atoms with Crippen molar-refractivity contribution in [3.63, 3.8) is 0 Å². The van der Waals surface area contributed by atoms with Crippen LogP contribution in [0.1, 0.15) is 10.5 Å². The number of nitrogens with one attached hydrogen (secondary N) is 1. The van der Waals surface area contributed by atoms with Gasteiger partial charge >= 0.3 is 0 Å². The van der Waals surface area contributed by atoms with Crippen LogP contribution in [-0.4, -0.2) is 22.3 Å². The van der Waals surface area contributed by atoms with Crippen LogP contribution in [0.3, 0.4) is 0 Å². The van der Waals surface area contributed by atoms with E-state index in [2.05, 4.69) is 10.4 Å². The highest BCUT2D eigenvalue weighted by atomic mass is 35.5. The van der Waals surface area contributed by atoms with Gasteiger partial charge in [0.1, 0.15) is 23.9 Å². The van der Waals surface area contributed by atoms with Gasteiger partial charge in [-0.3, -0.25) is 9.59 Å². The summed E-state index contributed by atoms with van der Waals surface area (Å²) >= 11 is 5.90. The number of aromatic nitrogens is 2. The van der Waals surface area contributed by atoms with E-state index in [0.29, 0.717) is 5.75 Å². The highest BCUT2D eigenvalue weighted by Crippen LogP contribution is 2.22. The molecular weight excluding hydrogens is 373 g/mol. The highest BCUT2D eigenvalue weighted by Gasteiger charge is 2.12. The van der Waals surface area contributed by atoms with Gasteiger partial charge < -0.3 is 10.1 Å². The molecular formula is C19H15ClFN3O3. The molecule has 0 unspecified atom stereocenters. The lowest BCUT2D eigenvalue weighted by Crippen LogP contribution is -2.28. The summed E-state index contributed by atoms with van der Waals surface area (Å²) in [6.45, 7) is 0.387. The predicted molar refractivity (Wildman–Crippen MR) is 99.8 cm³/mol. The molecule has 8 heteroatoms. The van der Waals surface area contributed by atoms with Gasteiger partial charge in [0.25, 0.3) is 11.5 Å². The fourth-order valence-corrected chi connectivity index (χ4v) is 2.49. The molecule has 0 saturated heterocycles. The predicted octanol–water partition coefficient (Wildman–Crippen LogP) is 3.37. The number of rotatable bonds is 6. The van der Waals surface area contributed by atoms with Gasteiger partial charge in [-0.05, 0) is 36.4 Å². The fraction of sp³-hybridized carbons (Fsp3) is 0.105. The molecule has 1 aromatic heterocycles. The van der Waals surface area contributed by atoms with Crippen molar-refractivity contribution in [3.8, 4) is 5.75 Å². The van der Waals surface area contributed by atoms with E-state index >= 15 is 0 Å². The molecule has 27 heavy (non-hydrogen) atoms. The van der Waals surface area contributed by atoms with E-state index in [1.165, 1.54) is 24.3 Å². The summed E-state index contributed by atoms with van der Waals surface area (Å²) in [5.74, 6) is -0.408. The highest BCUT2D eigenvalue weighted by molar-refractivity contribution is 6.33. The quantitative estimate of drug-likeness (QED) is 0.703. The third-order valence-electron chi connectivity index (χ3n) is 3.59. The number of para-hydroxylation sites is 1. The van der Waals surface area contributed by atoms with E-state index < -0.39 is 11.7 Å². The van der Waals surface area contributed by atoms with Crippen LogP contribution >= 0.6 is 11.6 Å². The van der Waals surface area contributed by atoms with Crippen LogP contribution in [0.2, 0.25) is 5.02 Å². The molecule has 2 aromatic carbocycles. The van der Waals surface area contributed by atoms with Crippen LogP contribution in [-0.2, 0) is 6.54 Å². The van der Waals surface area contributed by atoms with Crippen LogP contribution in [0.4, 0.5) is 10.1 Å². The van der Waals surface area contributed by atoms with E-state index in [0.717, 1.165) is 10.7 Å². The van der Waals surface area contributed by atoms with Crippen molar-refractivity contribution in [2.45, 2.75) is 6.54 Å². The van der Waals surface area contributed by atoms with Gasteiger partial charge in [-0.15, -0.1) is 0 Å². The smallest absolute Gasteiger partial charge is 0.276 e. The Morgan fingerprint density at radius 1 is 1.15 bits per heavy atom. The van der Waals surface area contributed by atoms with Gasteiger partial charge in [-0.25, -0.2) is 9.07 Å². The van der Waals surface area contributed by atoms with Gasteiger partial charge in [-0.2, -0.15) is 5.10 Å². The Balaban J connectivity index is 1.68. The molecule has 0 fully saturated rings. The topological polar surface area (TPSA) is 73.2 Å². The lowest BCUT2D eigenvalue weighted by molar-refractivity contribution is 0.101. The zero-order valence-electron chi connectivity index (χ0n) is 14.1. The lowest BCUT2D eigenvalue weighted by Gasteiger charge is -2.10. The average Bonchev–Trinajstić information content (AvgIpc) is 2.66. The molecule has 0 aliphatic heterocycles. The second-order valence-electron chi connectivity index (χ2n) is 5.52. The average molecular weight is 388 g/mol. The molecule has 138 valence electrons. The first-order valence-corrected chi connectivity index (χ1v) is 8.43. The summed E-state index contributed by atoms with van der Waals surface area (Å²) in [6, 6.07) is 15.3. The van der Waals surface area contributed by atoms with E-state index in [4.69, 9.17) is 16.3 Å². The SMILES string of the molecule is O=C(Nc1ccc(F)cc1Cl)c1ccc(=O)n(CCOc2ccccc2)n1. The van der Waals surface area contributed by atoms with E-state index in [-0.39, 0.29) is 35.1 Å².